The minimum Gasteiger partial charge on any atom is 0 e. The minimum atomic E-state index is -0.938. The van der Waals surface area contributed by atoms with Gasteiger partial charge in [-0.05, 0) is 13.8 Å². The second-order valence-electron chi connectivity index (χ2n) is 4.52. The molecule has 0 saturated heterocycles. The molecule has 12 heteroatoms. The van der Waals surface area contributed by atoms with Gasteiger partial charge in [0.2, 0.25) is 0 Å². The van der Waals surface area contributed by atoms with Crippen molar-refractivity contribution in [3.05, 3.63) is 55.5 Å². The zero-order valence-electron chi connectivity index (χ0n) is 16.6. The van der Waals surface area contributed by atoms with Gasteiger partial charge in [-0.3, -0.25) is 0 Å². The van der Waals surface area contributed by atoms with Gasteiger partial charge in [0.05, 0.1) is 44.8 Å². The average molecular weight is 476 g/mol. The van der Waals surface area contributed by atoms with Crippen LogP contribution in [0.2, 0.25) is 0 Å². The first-order valence-corrected chi connectivity index (χ1v) is 8.31. The number of esters is 2. The number of rotatable bonds is 3. The van der Waals surface area contributed by atoms with Crippen molar-refractivity contribution in [2.24, 2.45) is 0 Å². The van der Waals surface area contributed by atoms with Crippen molar-refractivity contribution in [3.8, 4) is 0 Å². The summed E-state index contributed by atoms with van der Waals surface area (Å²) in [4.78, 5) is 24.0. The van der Waals surface area contributed by atoms with Crippen molar-refractivity contribution in [2.45, 2.75) is 25.2 Å². The summed E-state index contributed by atoms with van der Waals surface area (Å²) >= 11 is 0. The summed E-state index contributed by atoms with van der Waals surface area (Å²) in [5.74, 6) is -0.936. The second-order valence-corrected chi connectivity index (χ2v) is 6.64. The zero-order chi connectivity index (χ0) is 24.3. The smallest absolute Gasteiger partial charge is 0 e. The Hall–Kier alpha value is -1.96. The molecule has 0 fully saturated rings. The molecule has 2 atom stereocenters. The molecule has 2 unspecified atom stereocenters. The quantitative estimate of drug-likeness (QED) is 0.198. The molecule has 0 aliphatic carbocycles. The molecule has 0 spiro atoms. The van der Waals surface area contributed by atoms with Gasteiger partial charge in [0.1, 0.15) is 0 Å². The van der Waals surface area contributed by atoms with Crippen molar-refractivity contribution in [3.63, 3.8) is 0 Å². The van der Waals surface area contributed by atoms with Crippen molar-refractivity contribution in [1.29, 1.82) is 0 Å². The van der Waals surface area contributed by atoms with E-state index in [0.717, 1.165) is 11.1 Å². The van der Waals surface area contributed by atoms with Crippen LogP contribution in [0.1, 0.15) is 13.8 Å². The molecule has 0 aromatic rings. The molecule has 0 saturated carbocycles. The predicted octanol–water partition coefficient (Wildman–Crippen LogP) is 1.58. The van der Waals surface area contributed by atoms with E-state index in [1.54, 1.807) is 7.11 Å². The van der Waals surface area contributed by atoms with Gasteiger partial charge in [-0.15, -0.1) is 0 Å². The molecule has 0 radical (unpaired) electrons. The van der Waals surface area contributed by atoms with Gasteiger partial charge in [-0.2, -0.15) is 0 Å². The molecule has 2 aliphatic heterocycles. The zero-order valence-corrected chi connectivity index (χ0v) is 18.8. The molecular formula is C18H17CrO10P. The Kier molecular flexibility index (Phi) is 30.0. The fourth-order valence-electron chi connectivity index (χ4n) is 2.82. The van der Waals surface area contributed by atoms with Crippen molar-refractivity contribution in [1.82, 2.24) is 0 Å². The molecule has 0 amide bonds. The van der Waals surface area contributed by atoms with Gasteiger partial charge >= 0.3 is 68.5 Å². The fourth-order valence-corrected chi connectivity index (χ4v) is 5.71. The monoisotopic (exact) mass is 476 g/mol. The first-order valence-electron chi connectivity index (χ1n) is 6.92. The van der Waals surface area contributed by atoms with Crippen molar-refractivity contribution >= 4 is 20.1 Å². The molecule has 0 N–H and O–H groups in total. The Morgan fingerprint density at radius 1 is 0.700 bits per heavy atom. The van der Waals surface area contributed by atoms with E-state index in [9.17, 15) is 9.59 Å². The van der Waals surface area contributed by atoms with E-state index >= 15 is 0 Å². The Labute approximate surface area is 186 Å². The van der Waals surface area contributed by atoms with Crippen molar-refractivity contribution < 1.29 is 64.2 Å². The maximum absolute atomic E-state index is 12.0. The fraction of sp³-hybridized carbons (Fsp3) is 0.389. The molecule has 2 rings (SSSR count). The van der Waals surface area contributed by atoms with E-state index < -0.39 is 20.1 Å². The Morgan fingerprint density at radius 2 is 0.933 bits per heavy atom. The van der Waals surface area contributed by atoms with Crippen LogP contribution >= 0.6 is 8.15 Å². The summed E-state index contributed by atoms with van der Waals surface area (Å²) in [7, 11) is 3.31. The third-order valence-corrected chi connectivity index (χ3v) is 6.54. The molecule has 0 aromatic heterocycles. The van der Waals surface area contributed by atoms with Crippen LogP contribution in [-0.2, 0) is 64.2 Å². The van der Waals surface area contributed by atoms with E-state index in [4.69, 9.17) is 37.3 Å². The molecule has 10 nitrogen and oxygen atoms in total. The number of hydrogen-bond donors (Lipinski definition) is 0. The standard InChI is InChI=1S/C13H17O5P.5CO.Cr/c1-6-7(2)11-9(13(15)17-4)8(12(14)16-3)10(6)19(11)18-5;5*1-2;/h10-11H,1-5H3;;;;;;. The maximum atomic E-state index is 12.0. The third kappa shape index (κ3) is 8.42. The van der Waals surface area contributed by atoms with E-state index in [2.05, 4.69) is 33.3 Å². The van der Waals surface area contributed by atoms with E-state index in [1.807, 2.05) is 13.8 Å². The number of hydrogen-bond acceptors (Lipinski definition) is 5. The van der Waals surface area contributed by atoms with E-state index in [1.165, 1.54) is 14.2 Å². The Bertz CT molecular complexity index is 638. The van der Waals surface area contributed by atoms with E-state index in [0.29, 0.717) is 11.1 Å². The number of methoxy groups -OCH3 is 2. The van der Waals surface area contributed by atoms with Crippen LogP contribution in [0, 0.1) is 33.3 Å². The molecule has 2 heterocycles. The van der Waals surface area contributed by atoms with Gasteiger partial charge in [0.15, 0.2) is 0 Å². The van der Waals surface area contributed by atoms with Crippen LogP contribution in [0.4, 0.5) is 0 Å². The van der Waals surface area contributed by atoms with Gasteiger partial charge in [-0.1, -0.05) is 11.1 Å². The molecular weight excluding hydrogens is 459 g/mol. The molecule has 160 valence electrons. The van der Waals surface area contributed by atoms with Crippen LogP contribution in [0.15, 0.2) is 22.3 Å². The number of ether oxygens (including phenoxy) is 2. The van der Waals surface area contributed by atoms with E-state index in [-0.39, 0.29) is 28.7 Å². The third-order valence-electron chi connectivity index (χ3n) is 3.81. The first-order chi connectivity index (χ1) is 14.0. The topological polar surface area (TPSA) is 161 Å². The summed E-state index contributed by atoms with van der Waals surface area (Å²) in [5, 5.41) is 0. The Morgan fingerprint density at radius 3 is 1.10 bits per heavy atom. The van der Waals surface area contributed by atoms with Gasteiger partial charge in [0.25, 0.3) is 0 Å². The van der Waals surface area contributed by atoms with Crippen LogP contribution in [-0.4, -0.2) is 44.6 Å². The summed E-state index contributed by atoms with van der Waals surface area (Å²) in [6, 6.07) is 0. The number of carbonyl (C=O) groups excluding carboxylic acids is 2. The Balaban J connectivity index is -0.000000166. The SMILES string of the molecule is COC(=O)C1=C(C(=O)OC)C2C(C)=C(C)C1P2OC.[C-]#[O+].[C-]#[O+].[C-]#[O+].[C-]#[O+].[C-]#[O+].[Cr]. The molecule has 0 aromatic carbocycles. The number of fused-ring (bicyclic) bond motifs is 2. The maximum Gasteiger partial charge on any atom is 0 e. The summed E-state index contributed by atoms with van der Waals surface area (Å²) in [5.41, 5.74) is 2.74. The summed E-state index contributed by atoms with van der Waals surface area (Å²) in [6.45, 7) is 26.5. The number of carbonyl (C=O) groups is 2. The van der Waals surface area contributed by atoms with Crippen LogP contribution in [0.25, 0.3) is 0 Å². The predicted molar refractivity (Wildman–Crippen MR) is 90.6 cm³/mol. The first kappa shape index (κ1) is 38.6. The average Bonchev–Trinajstić information content (AvgIpc) is 3.29. The van der Waals surface area contributed by atoms with Crippen molar-refractivity contribution in [2.75, 3.05) is 21.3 Å². The van der Waals surface area contributed by atoms with Crippen LogP contribution in [0.3, 0.4) is 0 Å². The summed E-state index contributed by atoms with van der Waals surface area (Å²) in [6.07, 6.45) is 0. The normalized spacial score (nSPS) is 18.7. The molecule has 30 heavy (non-hydrogen) atoms. The second kappa shape index (κ2) is 23.3. The largest absolute Gasteiger partial charge is 0 e. The van der Waals surface area contributed by atoms with Gasteiger partial charge < -0.3 is 14.0 Å². The van der Waals surface area contributed by atoms with Gasteiger partial charge in [0, 0.05) is 24.5 Å². The summed E-state index contributed by atoms with van der Waals surface area (Å²) < 4.78 is 52.7. The van der Waals surface area contributed by atoms with Crippen LogP contribution < -0.4 is 0 Å². The molecule has 2 bridgehead atoms. The molecule has 2 aliphatic rings. The van der Waals surface area contributed by atoms with Gasteiger partial charge in [-0.25, -0.2) is 9.59 Å². The minimum absolute atomic E-state index is 0. The van der Waals surface area contributed by atoms with Crippen LogP contribution in [0.5, 0.6) is 0 Å². The number of allylic oxidation sites excluding steroid dienone is 2.